The Morgan fingerprint density at radius 3 is 2.86 bits per heavy atom. The number of carbonyl (C=O) groups is 1. The van der Waals surface area contributed by atoms with Gasteiger partial charge in [0, 0.05) is 26.4 Å². The summed E-state index contributed by atoms with van der Waals surface area (Å²) in [5.74, 6) is 1.00. The Bertz CT molecular complexity index is 1470. The molecule has 0 saturated heterocycles. The lowest BCUT2D eigenvalue weighted by molar-refractivity contribution is -0.0828. The van der Waals surface area contributed by atoms with Crippen LogP contribution < -0.4 is 21.5 Å². The minimum Gasteiger partial charge on any atom is -0.427 e. The number of methoxy groups -OCH3 is 1. The normalized spacial score (nSPS) is 19.4. The lowest BCUT2D eigenvalue weighted by Gasteiger charge is -2.45. The Hall–Kier alpha value is -4.19. The SMILES string of the molecule is CNc1cc(Nc2cccn(-c3ocnc3C)c2=O)nc2c(C(=O)N[C@@H]3CC[C@@]3(C)OC)cnn12. The number of carbonyl (C=O) groups excluding carboxylic acids is 1. The van der Waals surface area contributed by atoms with E-state index in [4.69, 9.17) is 9.15 Å². The van der Waals surface area contributed by atoms with E-state index in [0.29, 0.717) is 34.4 Å². The molecule has 3 N–H and O–H groups in total. The fourth-order valence-corrected chi connectivity index (χ4v) is 4.18. The molecule has 2 atom stereocenters. The summed E-state index contributed by atoms with van der Waals surface area (Å²) in [4.78, 5) is 34.8. The smallest absolute Gasteiger partial charge is 0.281 e. The number of hydrogen-bond acceptors (Lipinski definition) is 9. The summed E-state index contributed by atoms with van der Waals surface area (Å²) in [7, 11) is 3.38. The largest absolute Gasteiger partial charge is 0.427 e. The maximum Gasteiger partial charge on any atom is 0.281 e. The van der Waals surface area contributed by atoms with Crippen LogP contribution >= 0.6 is 0 Å². The first-order valence-electron chi connectivity index (χ1n) is 11.2. The number of nitrogens with one attached hydrogen (secondary N) is 3. The van der Waals surface area contributed by atoms with Crippen LogP contribution in [0.5, 0.6) is 0 Å². The number of fused-ring (bicyclic) bond motifs is 1. The van der Waals surface area contributed by atoms with Gasteiger partial charge in [-0.1, -0.05) is 0 Å². The van der Waals surface area contributed by atoms with Crippen LogP contribution in [0.3, 0.4) is 0 Å². The molecule has 0 bridgehead atoms. The van der Waals surface area contributed by atoms with Crippen molar-refractivity contribution in [1.82, 2.24) is 29.5 Å². The second-order valence-electron chi connectivity index (χ2n) is 8.62. The number of aromatic nitrogens is 5. The van der Waals surface area contributed by atoms with Crippen molar-refractivity contribution in [3.63, 3.8) is 0 Å². The first-order chi connectivity index (χ1) is 16.8. The Labute approximate surface area is 200 Å². The fraction of sp³-hybridized carbons (Fsp3) is 0.348. The van der Waals surface area contributed by atoms with Gasteiger partial charge in [-0.3, -0.25) is 14.2 Å². The lowest BCUT2D eigenvalue weighted by atomic mass is 9.76. The van der Waals surface area contributed by atoms with Crippen LogP contribution in [0.25, 0.3) is 11.5 Å². The average molecular weight is 479 g/mol. The van der Waals surface area contributed by atoms with Gasteiger partial charge in [0.2, 0.25) is 5.88 Å². The van der Waals surface area contributed by atoms with E-state index in [9.17, 15) is 9.59 Å². The van der Waals surface area contributed by atoms with Gasteiger partial charge in [0.05, 0.1) is 17.8 Å². The molecular formula is C23H26N8O4. The third-order valence-electron chi connectivity index (χ3n) is 6.56. The van der Waals surface area contributed by atoms with Crippen molar-refractivity contribution in [2.45, 2.75) is 38.3 Å². The number of anilines is 3. The van der Waals surface area contributed by atoms with Crippen LogP contribution in [-0.2, 0) is 4.74 Å². The third kappa shape index (κ3) is 3.81. The second-order valence-corrected chi connectivity index (χ2v) is 8.62. The zero-order valence-corrected chi connectivity index (χ0v) is 19.8. The third-order valence-corrected chi connectivity index (χ3v) is 6.56. The number of aryl methyl sites for hydroxylation is 1. The van der Waals surface area contributed by atoms with Gasteiger partial charge in [-0.2, -0.15) is 9.61 Å². The van der Waals surface area contributed by atoms with Crippen LogP contribution in [0.4, 0.5) is 17.3 Å². The quantitative estimate of drug-likeness (QED) is 0.365. The van der Waals surface area contributed by atoms with E-state index in [1.807, 2.05) is 6.92 Å². The summed E-state index contributed by atoms with van der Waals surface area (Å²) < 4.78 is 13.8. The van der Waals surface area contributed by atoms with Crippen molar-refractivity contribution in [3.8, 4) is 5.88 Å². The van der Waals surface area contributed by atoms with Crippen molar-refractivity contribution in [1.29, 1.82) is 0 Å². The molecule has 4 aromatic rings. The Kier molecular flexibility index (Phi) is 5.52. The molecule has 4 aromatic heterocycles. The first-order valence-corrected chi connectivity index (χ1v) is 11.2. The number of rotatable bonds is 7. The van der Waals surface area contributed by atoms with Crippen molar-refractivity contribution in [2.75, 3.05) is 24.8 Å². The lowest BCUT2D eigenvalue weighted by Crippen LogP contribution is -2.59. The molecule has 1 amide bonds. The molecule has 0 spiro atoms. The zero-order valence-electron chi connectivity index (χ0n) is 19.8. The van der Waals surface area contributed by atoms with Crippen molar-refractivity contribution in [3.05, 3.63) is 58.6 Å². The highest BCUT2D eigenvalue weighted by Crippen LogP contribution is 2.35. The van der Waals surface area contributed by atoms with E-state index < -0.39 is 0 Å². The van der Waals surface area contributed by atoms with Crippen molar-refractivity contribution >= 4 is 28.9 Å². The Balaban J connectivity index is 1.49. The molecule has 182 valence electrons. The summed E-state index contributed by atoms with van der Waals surface area (Å²) in [5.41, 5.74) is 0.806. The molecule has 12 nitrogen and oxygen atoms in total. The molecular weight excluding hydrogens is 452 g/mol. The molecule has 1 aliphatic carbocycles. The van der Waals surface area contributed by atoms with E-state index in [1.165, 1.54) is 21.7 Å². The first kappa shape index (κ1) is 22.6. The van der Waals surface area contributed by atoms with Crippen LogP contribution in [0, 0.1) is 6.92 Å². The molecule has 0 aliphatic heterocycles. The number of hydrogen-bond donors (Lipinski definition) is 3. The van der Waals surface area contributed by atoms with Crippen LogP contribution in [0.15, 0.2) is 46.2 Å². The van der Waals surface area contributed by atoms with Crippen molar-refractivity contribution in [2.24, 2.45) is 0 Å². The zero-order chi connectivity index (χ0) is 24.7. The molecule has 0 radical (unpaired) electrons. The predicted molar refractivity (Wildman–Crippen MR) is 129 cm³/mol. The van der Waals surface area contributed by atoms with Crippen LogP contribution in [0.2, 0.25) is 0 Å². The van der Waals surface area contributed by atoms with Gasteiger partial charge in [-0.25, -0.2) is 9.97 Å². The number of ether oxygens (including phenoxy) is 1. The van der Waals surface area contributed by atoms with E-state index in [2.05, 4.69) is 31.0 Å². The molecule has 5 rings (SSSR count). The highest BCUT2D eigenvalue weighted by Gasteiger charge is 2.44. The highest BCUT2D eigenvalue weighted by molar-refractivity contribution is 6.00. The van der Waals surface area contributed by atoms with Gasteiger partial charge >= 0.3 is 0 Å². The minimum absolute atomic E-state index is 0.0950. The Morgan fingerprint density at radius 2 is 2.20 bits per heavy atom. The molecule has 12 heteroatoms. The van der Waals surface area contributed by atoms with Crippen LogP contribution in [0.1, 0.15) is 35.8 Å². The highest BCUT2D eigenvalue weighted by atomic mass is 16.5. The second kappa shape index (κ2) is 8.55. The van der Waals surface area contributed by atoms with Crippen LogP contribution in [-0.4, -0.2) is 55.9 Å². The Morgan fingerprint density at radius 1 is 1.37 bits per heavy atom. The predicted octanol–water partition coefficient (Wildman–Crippen LogP) is 2.26. The molecule has 0 aromatic carbocycles. The summed E-state index contributed by atoms with van der Waals surface area (Å²) in [6.07, 6.45) is 6.08. The summed E-state index contributed by atoms with van der Waals surface area (Å²) >= 11 is 0. The van der Waals surface area contributed by atoms with Gasteiger partial charge < -0.3 is 25.1 Å². The topological polar surface area (TPSA) is 141 Å². The monoisotopic (exact) mass is 478 g/mol. The summed E-state index contributed by atoms with van der Waals surface area (Å²) in [6.45, 7) is 3.73. The number of amides is 1. The van der Waals surface area contributed by atoms with E-state index in [1.54, 1.807) is 45.5 Å². The average Bonchev–Trinajstić information content (AvgIpc) is 3.48. The van der Waals surface area contributed by atoms with Crippen molar-refractivity contribution < 1.29 is 13.9 Å². The molecule has 4 heterocycles. The minimum atomic E-state index is -0.385. The molecule has 35 heavy (non-hydrogen) atoms. The van der Waals surface area contributed by atoms with Gasteiger partial charge in [0.1, 0.15) is 28.6 Å². The summed E-state index contributed by atoms with van der Waals surface area (Å²) in [5, 5.41) is 13.5. The maximum absolute atomic E-state index is 13.1. The maximum atomic E-state index is 13.1. The van der Waals surface area contributed by atoms with Gasteiger partial charge in [0.25, 0.3) is 11.5 Å². The number of pyridine rings is 1. The number of nitrogens with zero attached hydrogens (tertiary/aromatic N) is 5. The van der Waals surface area contributed by atoms with E-state index in [-0.39, 0.29) is 28.8 Å². The molecule has 1 saturated carbocycles. The molecule has 0 unspecified atom stereocenters. The standard InChI is InChI=1S/C23H26N8O4/c1-13-22(35-12-25-13)30-9-5-6-15(21(30)33)27-17-10-18(24-3)31-19(29-17)14(11-26-31)20(32)28-16-7-8-23(16,2)34-4/h5-6,9-12,16,24H,7-8H2,1-4H3,(H,27,29)(H,28,32)/t16-,23-/m1/s1. The summed E-state index contributed by atoms with van der Waals surface area (Å²) in [6, 6.07) is 4.96. The fourth-order valence-electron chi connectivity index (χ4n) is 4.18. The molecule has 1 fully saturated rings. The molecule has 1 aliphatic rings. The van der Waals surface area contributed by atoms with Gasteiger partial charge in [0.15, 0.2) is 12.0 Å². The van der Waals surface area contributed by atoms with Gasteiger partial charge in [-0.15, -0.1) is 0 Å². The van der Waals surface area contributed by atoms with E-state index >= 15 is 0 Å². The van der Waals surface area contributed by atoms with Gasteiger partial charge in [-0.05, 0) is 38.8 Å². The van der Waals surface area contributed by atoms with E-state index in [0.717, 1.165) is 12.8 Å². The number of oxazole rings is 1.